The molecular formula is C21H33F7O4. The lowest BCUT2D eigenvalue weighted by molar-refractivity contribution is -0.360. The summed E-state index contributed by atoms with van der Waals surface area (Å²) in [6.45, 7) is 2.26. The van der Waals surface area contributed by atoms with Crippen molar-refractivity contribution in [2.24, 2.45) is 5.41 Å². The van der Waals surface area contributed by atoms with E-state index in [1.165, 1.54) is 20.3 Å². The Morgan fingerprint density at radius 1 is 0.656 bits per heavy atom. The average molecular weight is 482 g/mol. The fraction of sp³-hybridized carbons (Fsp3) is 0.905. The molecule has 0 aliphatic heterocycles. The molecule has 0 saturated carbocycles. The molecule has 0 N–H and O–H groups in total. The van der Waals surface area contributed by atoms with Gasteiger partial charge in [0.15, 0.2) is 12.0 Å². The number of unbranched alkanes of at least 4 members (excludes halogenated alkanes) is 7. The summed E-state index contributed by atoms with van der Waals surface area (Å²) < 4.78 is 98.5. The van der Waals surface area contributed by atoms with Crippen LogP contribution in [0.25, 0.3) is 0 Å². The number of hydrogen-bond acceptors (Lipinski definition) is 4. The standard InChI is InChI=1S/C21H33F7O4/c1-4-7-8-9-10-11-12-13-14-31-16(29)18(5-2,6-3)17(30)32-15-19(22,23)20(24,25)21(26,27)28/h4-15H2,1-3H3. The van der Waals surface area contributed by atoms with Gasteiger partial charge >= 0.3 is 30.0 Å². The van der Waals surface area contributed by atoms with Gasteiger partial charge in [0.2, 0.25) is 0 Å². The van der Waals surface area contributed by atoms with E-state index < -0.39 is 42.0 Å². The minimum Gasteiger partial charge on any atom is -0.465 e. The first-order valence-corrected chi connectivity index (χ1v) is 10.9. The number of alkyl halides is 7. The molecule has 0 amide bonds. The van der Waals surface area contributed by atoms with Crippen molar-refractivity contribution in [3.05, 3.63) is 0 Å². The van der Waals surface area contributed by atoms with Crippen LogP contribution in [0, 0.1) is 5.41 Å². The first-order valence-electron chi connectivity index (χ1n) is 10.9. The van der Waals surface area contributed by atoms with Crippen molar-refractivity contribution in [1.29, 1.82) is 0 Å². The Labute approximate surface area is 184 Å². The molecule has 0 bridgehead atoms. The van der Waals surface area contributed by atoms with Crippen LogP contribution in [0.1, 0.15) is 85.0 Å². The van der Waals surface area contributed by atoms with Gasteiger partial charge in [-0.3, -0.25) is 9.59 Å². The van der Waals surface area contributed by atoms with E-state index in [-0.39, 0.29) is 19.4 Å². The zero-order valence-electron chi connectivity index (χ0n) is 18.8. The second-order valence-electron chi connectivity index (χ2n) is 7.75. The van der Waals surface area contributed by atoms with Gasteiger partial charge < -0.3 is 9.47 Å². The molecule has 0 aromatic carbocycles. The van der Waals surface area contributed by atoms with E-state index in [0.29, 0.717) is 6.42 Å². The number of hydrogen-bond donors (Lipinski definition) is 0. The third-order valence-corrected chi connectivity index (χ3v) is 5.42. The molecule has 11 heteroatoms. The van der Waals surface area contributed by atoms with Crippen LogP contribution in [0.4, 0.5) is 30.7 Å². The number of ether oxygens (including phenoxy) is 2. The highest BCUT2D eigenvalue weighted by atomic mass is 19.4. The third-order valence-electron chi connectivity index (χ3n) is 5.42. The van der Waals surface area contributed by atoms with Crippen LogP contribution in [-0.4, -0.2) is 43.2 Å². The average Bonchev–Trinajstić information content (AvgIpc) is 2.71. The lowest BCUT2D eigenvalue weighted by Crippen LogP contribution is -2.55. The first kappa shape index (κ1) is 30.4. The van der Waals surface area contributed by atoms with Gasteiger partial charge in [-0.2, -0.15) is 30.7 Å². The molecule has 0 rings (SSSR count). The van der Waals surface area contributed by atoms with Crippen LogP contribution in [-0.2, 0) is 19.1 Å². The van der Waals surface area contributed by atoms with E-state index in [9.17, 15) is 40.3 Å². The summed E-state index contributed by atoms with van der Waals surface area (Å²) in [6.07, 6.45) is 0.736. The fourth-order valence-electron chi connectivity index (χ4n) is 3.04. The van der Waals surface area contributed by atoms with Crippen LogP contribution < -0.4 is 0 Å². The summed E-state index contributed by atoms with van der Waals surface area (Å²) in [6, 6.07) is 0. The van der Waals surface area contributed by atoms with Crippen LogP contribution in [0.5, 0.6) is 0 Å². The van der Waals surface area contributed by atoms with Crippen LogP contribution in [0.15, 0.2) is 0 Å². The van der Waals surface area contributed by atoms with Crippen molar-refractivity contribution >= 4 is 11.9 Å². The molecule has 0 saturated heterocycles. The maximum absolute atomic E-state index is 13.4. The Morgan fingerprint density at radius 2 is 1.09 bits per heavy atom. The van der Waals surface area contributed by atoms with Crippen molar-refractivity contribution in [3.8, 4) is 0 Å². The maximum Gasteiger partial charge on any atom is 0.460 e. The SMILES string of the molecule is CCCCCCCCCCOC(=O)C(CC)(CC)C(=O)OCC(F)(F)C(F)(F)C(F)(F)F. The van der Waals surface area contributed by atoms with E-state index in [0.717, 1.165) is 38.5 Å². The molecule has 0 atom stereocenters. The van der Waals surface area contributed by atoms with Gasteiger partial charge in [-0.05, 0) is 19.3 Å². The monoisotopic (exact) mass is 482 g/mol. The molecule has 0 fully saturated rings. The molecule has 0 aliphatic rings. The number of carbonyl (C=O) groups excluding carboxylic acids is 2. The zero-order chi connectivity index (χ0) is 25.1. The van der Waals surface area contributed by atoms with E-state index >= 15 is 0 Å². The first-order chi connectivity index (χ1) is 14.7. The summed E-state index contributed by atoms with van der Waals surface area (Å²) in [7, 11) is 0. The van der Waals surface area contributed by atoms with Gasteiger partial charge in [0.25, 0.3) is 0 Å². The van der Waals surface area contributed by atoms with Crippen molar-refractivity contribution < 1.29 is 49.8 Å². The fourth-order valence-corrected chi connectivity index (χ4v) is 3.04. The molecule has 32 heavy (non-hydrogen) atoms. The summed E-state index contributed by atoms with van der Waals surface area (Å²) in [5.41, 5.74) is -2.07. The third kappa shape index (κ3) is 8.10. The minimum absolute atomic E-state index is 0.0366. The molecule has 190 valence electrons. The smallest absolute Gasteiger partial charge is 0.460 e. The Kier molecular flexibility index (Phi) is 12.6. The van der Waals surface area contributed by atoms with E-state index in [4.69, 9.17) is 4.74 Å². The Morgan fingerprint density at radius 3 is 1.53 bits per heavy atom. The second kappa shape index (κ2) is 13.2. The van der Waals surface area contributed by atoms with Gasteiger partial charge in [-0.15, -0.1) is 0 Å². The lowest BCUT2D eigenvalue weighted by atomic mass is 9.82. The highest BCUT2D eigenvalue weighted by molar-refractivity contribution is 6.00. The van der Waals surface area contributed by atoms with E-state index in [1.54, 1.807) is 0 Å². The minimum atomic E-state index is -6.54. The van der Waals surface area contributed by atoms with Crippen molar-refractivity contribution in [2.75, 3.05) is 13.2 Å². The molecule has 0 radical (unpaired) electrons. The number of rotatable bonds is 16. The van der Waals surface area contributed by atoms with Gasteiger partial charge in [0.1, 0.15) is 0 Å². The van der Waals surface area contributed by atoms with Crippen LogP contribution >= 0.6 is 0 Å². The van der Waals surface area contributed by atoms with Crippen molar-refractivity contribution in [2.45, 2.75) is 103 Å². The predicted octanol–water partition coefficient (Wildman–Crippen LogP) is 6.85. The Hall–Kier alpha value is -1.55. The summed E-state index contributed by atoms with van der Waals surface area (Å²) in [4.78, 5) is 24.7. The summed E-state index contributed by atoms with van der Waals surface area (Å²) in [5, 5.41) is 0. The molecule has 0 aromatic rings. The van der Waals surface area contributed by atoms with Gasteiger partial charge in [0.05, 0.1) is 6.61 Å². The number of halogens is 7. The molecule has 0 spiro atoms. The molecular weight excluding hydrogens is 449 g/mol. The van der Waals surface area contributed by atoms with Crippen LogP contribution in [0.3, 0.4) is 0 Å². The Bertz CT molecular complexity index is 573. The highest BCUT2D eigenvalue weighted by Gasteiger charge is 2.73. The normalized spacial score (nSPS) is 13.2. The molecule has 0 heterocycles. The van der Waals surface area contributed by atoms with Crippen molar-refractivity contribution in [1.82, 2.24) is 0 Å². The van der Waals surface area contributed by atoms with Gasteiger partial charge in [0, 0.05) is 0 Å². The lowest BCUT2D eigenvalue weighted by Gasteiger charge is -2.30. The van der Waals surface area contributed by atoms with Crippen molar-refractivity contribution in [3.63, 3.8) is 0 Å². The Balaban J connectivity index is 4.80. The van der Waals surface area contributed by atoms with Crippen LogP contribution in [0.2, 0.25) is 0 Å². The summed E-state index contributed by atoms with van der Waals surface area (Å²) in [5.74, 6) is -14.8. The second-order valence-corrected chi connectivity index (χ2v) is 7.75. The number of carbonyl (C=O) groups is 2. The predicted molar refractivity (Wildman–Crippen MR) is 103 cm³/mol. The maximum atomic E-state index is 13.4. The summed E-state index contributed by atoms with van der Waals surface area (Å²) >= 11 is 0. The quantitative estimate of drug-likeness (QED) is 0.104. The van der Waals surface area contributed by atoms with Gasteiger partial charge in [-0.25, -0.2) is 0 Å². The molecule has 4 nitrogen and oxygen atoms in total. The zero-order valence-corrected chi connectivity index (χ0v) is 18.8. The molecule has 0 unspecified atom stereocenters. The topological polar surface area (TPSA) is 52.6 Å². The van der Waals surface area contributed by atoms with E-state index in [2.05, 4.69) is 11.7 Å². The van der Waals surface area contributed by atoms with E-state index in [1.807, 2.05) is 0 Å². The largest absolute Gasteiger partial charge is 0.465 e. The highest BCUT2D eigenvalue weighted by Crippen LogP contribution is 2.46. The van der Waals surface area contributed by atoms with Gasteiger partial charge in [-0.1, -0.05) is 65.7 Å². The molecule has 0 aromatic heterocycles. The molecule has 0 aliphatic carbocycles. The number of esters is 2.